The highest BCUT2D eigenvalue weighted by Crippen LogP contribution is 2.19. The molecule has 0 aliphatic heterocycles. The molecule has 0 saturated heterocycles. The van der Waals surface area contributed by atoms with Gasteiger partial charge in [0, 0.05) is 30.0 Å². The maximum Gasteiger partial charge on any atom is 0.323 e. The van der Waals surface area contributed by atoms with Crippen molar-refractivity contribution in [2.75, 3.05) is 5.32 Å². The number of nitrogens with one attached hydrogen (secondary N) is 1. The third kappa shape index (κ3) is 5.39. The molecule has 168 valence electrons. The molecule has 4 aromatic heterocycles. The number of imidazole rings is 1. The van der Waals surface area contributed by atoms with Crippen molar-refractivity contribution in [3.63, 3.8) is 0 Å². The minimum Gasteiger partial charge on any atom is -0.480 e. The molecular formula is C22H19FN6O3S. The lowest BCUT2D eigenvalue weighted by molar-refractivity contribution is -0.137. The summed E-state index contributed by atoms with van der Waals surface area (Å²) in [6, 6.07) is 6.44. The van der Waals surface area contributed by atoms with Crippen LogP contribution in [0.1, 0.15) is 33.1 Å². The van der Waals surface area contributed by atoms with Gasteiger partial charge in [-0.2, -0.15) is 4.39 Å². The number of rotatable bonds is 8. The Labute approximate surface area is 191 Å². The quantitative estimate of drug-likeness (QED) is 0.384. The lowest BCUT2D eigenvalue weighted by atomic mass is 10.2. The number of anilines is 1. The lowest BCUT2D eigenvalue weighted by Crippen LogP contribution is -2.17. The van der Waals surface area contributed by atoms with Crippen LogP contribution in [0.2, 0.25) is 0 Å². The van der Waals surface area contributed by atoms with Crippen molar-refractivity contribution in [2.45, 2.75) is 20.0 Å². The van der Waals surface area contributed by atoms with Gasteiger partial charge in [0.15, 0.2) is 5.13 Å². The number of hydrogen-bond acceptors (Lipinski definition) is 6. The van der Waals surface area contributed by atoms with Crippen molar-refractivity contribution in [3.05, 3.63) is 82.7 Å². The van der Waals surface area contributed by atoms with E-state index in [9.17, 15) is 14.0 Å². The number of pyridine rings is 1. The molecule has 11 heteroatoms. The largest absolute Gasteiger partial charge is 0.480 e. The van der Waals surface area contributed by atoms with E-state index in [0.717, 1.165) is 5.69 Å². The zero-order valence-corrected chi connectivity index (χ0v) is 18.3. The fourth-order valence-corrected chi connectivity index (χ4v) is 3.84. The van der Waals surface area contributed by atoms with Gasteiger partial charge < -0.3 is 14.2 Å². The standard InChI is InChI=1S/C22H19FN6O3S/c1-14-17(25-13-29(14)11-20(30)31)5-4-16-12-33-22(26-16)27-21(32)18-3-2-8-28(18)10-15-6-7-24-19(23)9-15/h2-9,12-13H,10-11H2,1H3,(H,30,31)(H,26,27,32). The van der Waals surface area contributed by atoms with Gasteiger partial charge in [0.1, 0.15) is 12.2 Å². The highest BCUT2D eigenvalue weighted by atomic mass is 32.1. The summed E-state index contributed by atoms with van der Waals surface area (Å²) in [6.07, 6.45) is 8.09. The second-order valence-electron chi connectivity index (χ2n) is 7.11. The fraction of sp³-hybridized carbons (Fsp3) is 0.136. The molecule has 0 radical (unpaired) electrons. The average Bonchev–Trinajstić information content (AvgIpc) is 3.48. The van der Waals surface area contributed by atoms with E-state index in [1.807, 2.05) is 0 Å². The Bertz CT molecular complexity index is 1340. The van der Waals surface area contributed by atoms with Gasteiger partial charge in [0.2, 0.25) is 5.95 Å². The van der Waals surface area contributed by atoms with Gasteiger partial charge >= 0.3 is 5.97 Å². The number of carbonyl (C=O) groups is 2. The Morgan fingerprint density at radius 2 is 2.09 bits per heavy atom. The Balaban J connectivity index is 1.42. The first-order chi connectivity index (χ1) is 15.9. The summed E-state index contributed by atoms with van der Waals surface area (Å²) < 4.78 is 16.6. The van der Waals surface area contributed by atoms with E-state index in [0.29, 0.717) is 34.3 Å². The molecule has 0 aliphatic carbocycles. The summed E-state index contributed by atoms with van der Waals surface area (Å²) in [5.74, 6) is -1.84. The lowest BCUT2D eigenvalue weighted by Gasteiger charge is -2.09. The number of aliphatic carboxylic acids is 1. The minimum atomic E-state index is -0.940. The third-order valence-corrected chi connectivity index (χ3v) is 5.58. The first-order valence-electron chi connectivity index (χ1n) is 9.83. The van der Waals surface area contributed by atoms with Gasteiger partial charge in [-0.25, -0.2) is 15.0 Å². The number of carbonyl (C=O) groups excluding carboxylic acids is 1. The van der Waals surface area contributed by atoms with E-state index in [-0.39, 0.29) is 12.5 Å². The molecule has 0 aliphatic rings. The van der Waals surface area contributed by atoms with Gasteiger partial charge in [-0.3, -0.25) is 14.9 Å². The minimum absolute atomic E-state index is 0.155. The van der Waals surface area contributed by atoms with Crippen LogP contribution in [0.5, 0.6) is 0 Å². The average molecular weight is 466 g/mol. The van der Waals surface area contributed by atoms with Gasteiger partial charge in [-0.05, 0) is 48.9 Å². The topological polar surface area (TPSA) is 115 Å². The number of halogens is 1. The van der Waals surface area contributed by atoms with E-state index in [2.05, 4.69) is 20.3 Å². The Morgan fingerprint density at radius 1 is 1.24 bits per heavy atom. The number of carboxylic acids is 1. The molecule has 9 nitrogen and oxygen atoms in total. The van der Waals surface area contributed by atoms with Crippen LogP contribution in [-0.4, -0.2) is 41.1 Å². The monoisotopic (exact) mass is 466 g/mol. The second-order valence-corrected chi connectivity index (χ2v) is 7.97. The molecule has 0 fully saturated rings. The van der Waals surface area contributed by atoms with Crippen molar-refractivity contribution >= 4 is 40.5 Å². The van der Waals surface area contributed by atoms with Crippen LogP contribution in [0.15, 0.2) is 48.4 Å². The van der Waals surface area contributed by atoms with E-state index in [1.165, 1.54) is 29.9 Å². The van der Waals surface area contributed by atoms with Crippen LogP contribution in [-0.2, 0) is 17.9 Å². The molecule has 4 heterocycles. The van der Waals surface area contributed by atoms with Crippen LogP contribution >= 0.6 is 11.3 Å². The molecule has 2 N–H and O–H groups in total. The summed E-state index contributed by atoms with van der Waals surface area (Å²) >= 11 is 1.28. The summed E-state index contributed by atoms with van der Waals surface area (Å²) in [4.78, 5) is 35.8. The van der Waals surface area contributed by atoms with Crippen molar-refractivity contribution in [2.24, 2.45) is 0 Å². The first kappa shape index (κ1) is 22.1. The SMILES string of the molecule is Cc1c(C=Cc2csc(NC(=O)c3cccn3Cc3ccnc(F)c3)n2)ncn1CC(=O)O. The molecule has 4 aromatic rings. The van der Waals surface area contributed by atoms with Crippen LogP contribution in [0, 0.1) is 12.9 Å². The maximum atomic E-state index is 13.3. The van der Waals surface area contributed by atoms with Crippen molar-refractivity contribution < 1.29 is 19.1 Å². The summed E-state index contributed by atoms with van der Waals surface area (Å²) in [5.41, 5.74) is 3.10. The first-order valence-corrected chi connectivity index (χ1v) is 10.7. The maximum absolute atomic E-state index is 13.3. The zero-order valence-electron chi connectivity index (χ0n) is 17.5. The predicted molar refractivity (Wildman–Crippen MR) is 121 cm³/mol. The van der Waals surface area contributed by atoms with Gasteiger partial charge in [-0.15, -0.1) is 11.3 Å². The predicted octanol–water partition coefficient (Wildman–Crippen LogP) is 3.54. The third-order valence-electron chi connectivity index (χ3n) is 4.80. The van der Waals surface area contributed by atoms with Crippen LogP contribution in [0.3, 0.4) is 0 Å². The van der Waals surface area contributed by atoms with E-state index in [1.54, 1.807) is 58.0 Å². The number of amides is 1. The summed E-state index contributed by atoms with van der Waals surface area (Å²) in [6.45, 7) is 1.96. The van der Waals surface area contributed by atoms with Gasteiger partial charge in [-0.1, -0.05) is 0 Å². The number of hydrogen-bond donors (Lipinski definition) is 2. The molecule has 0 bridgehead atoms. The molecule has 4 rings (SSSR count). The number of thiazole rings is 1. The number of nitrogens with zero attached hydrogens (tertiary/aromatic N) is 5. The van der Waals surface area contributed by atoms with Crippen molar-refractivity contribution in [3.8, 4) is 0 Å². The molecule has 0 unspecified atom stereocenters. The molecule has 1 amide bonds. The van der Waals surface area contributed by atoms with E-state index in [4.69, 9.17) is 5.11 Å². The summed E-state index contributed by atoms with van der Waals surface area (Å²) in [7, 11) is 0. The molecule has 0 atom stereocenters. The van der Waals surface area contributed by atoms with Gasteiger partial charge in [0.25, 0.3) is 5.91 Å². The normalized spacial score (nSPS) is 11.2. The summed E-state index contributed by atoms with van der Waals surface area (Å²) in [5, 5.41) is 13.9. The highest BCUT2D eigenvalue weighted by Gasteiger charge is 2.14. The molecule has 0 saturated carbocycles. The Hall–Kier alpha value is -4.12. The number of carboxylic acid groups (broad SMARTS) is 1. The van der Waals surface area contributed by atoms with E-state index >= 15 is 0 Å². The zero-order chi connectivity index (χ0) is 23.4. The van der Waals surface area contributed by atoms with Crippen LogP contribution < -0.4 is 5.32 Å². The van der Waals surface area contributed by atoms with Crippen LogP contribution in [0.4, 0.5) is 9.52 Å². The number of aromatic nitrogens is 5. The molecular weight excluding hydrogens is 447 g/mol. The Kier molecular flexibility index (Phi) is 6.41. The van der Waals surface area contributed by atoms with Gasteiger partial charge in [0.05, 0.1) is 17.7 Å². The molecule has 0 spiro atoms. The fourth-order valence-electron chi connectivity index (χ4n) is 3.17. The van der Waals surface area contributed by atoms with Crippen molar-refractivity contribution in [1.29, 1.82) is 0 Å². The Morgan fingerprint density at radius 3 is 2.88 bits per heavy atom. The van der Waals surface area contributed by atoms with Crippen molar-refractivity contribution in [1.82, 2.24) is 24.1 Å². The smallest absolute Gasteiger partial charge is 0.323 e. The second kappa shape index (κ2) is 9.57. The molecule has 0 aromatic carbocycles. The van der Waals surface area contributed by atoms with E-state index < -0.39 is 11.9 Å². The van der Waals surface area contributed by atoms with Crippen LogP contribution in [0.25, 0.3) is 12.2 Å². The highest BCUT2D eigenvalue weighted by molar-refractivity contribution is 7.14. The molecule has 33 heavy (non-hydrogen) atoms.